The summed E-state index contributed by atoms with van der Waals surface area (Å²) in [5, 5.41) is 5.41. The van der Waals surface area contributed by atoms with Crippen LogP contribution in [0.15, 0.2) is 47.4 Å². The normalized spacial score (nSPS) is 11.2. The highest BCUT2D eigenvalue weighted by atomic mass is 32.2. The van der Waals surface area contributed by atoms with Crippen LogP contribution in [0.3, 0.4) is 0 Å². The smallest absolute Gasteiger partial charge is 0.251 e. The SMILES string of the molecule is CCOc1ccc(S(=O)(=O)NCCNC(=O)c2ccc(NC(=O)C(C)C)cc2)c(OCC)c1. The van der Waals surface area contributed by atoms with Crippen LogP contribution in [0, 0.1) is 5.92 Å². The summed E-state index contributed by atoms with van der Waals surface area (Å²) >= 11 is 0. The van der Waals surface area contributed by atoms with Gasteiger partial charge in [0, 0.05) is 36.3 Å². The van der Waals surface area contributed by atoms with E-state index in [1.54, 1.807) is 51.1 Å². The molecule has 0 aromatic heterocycles. The molecule has 0 aliphatic rings. The van der Waals surface area contributed by atoms with Gasteiger partial charge in [0.25, 0.3) is 5.91 Å². The molecule has 0 heterocycles. The number of ether oxygens (including phenoxy) is 2. The Hall–Kier alpha value is -3.11. The van der Waals surface area contributed by atoms with Crippen LogP contribution in [-0.4, -0.2) is 46.5 Å². The fourth-order valence-corrected chi connectivity index (χ4v) is 3.92. The van der Waals surface area contributed by atoms with Crippen molar-refractivity contribution in [1.82, 2.24) is 10.0 Å². The quantitative estimate of drug-likeness (QED) is 0.404. The molecule has 0 saturated carbocycles. The molecule has 0 radical (unpaired) electrons. The van der Waals surface area contributed by atoms with Gasteiger partial charge in [-0.05, 0) is 50.2 Å². The van der Waals surface area contributed by atoms with Crippen molar-refractivity contribution in [2.45, 2.75) is 32.6 Å². The number of anilines is 1. The molecule has 33 heavy (non-hydrogen) atoms. The van der Waals surface area contributed by atoms with Crippen molar-refractivity contribution in [2.24, 2.45) is 5.92 Å². The second-order valence-corrected chi connectivity index (χ2v) is 9.08. The van der Waals surface area contributed by atoms with Crippen molar-refractivity contribution in [3.63, 3.8) is 0 Å². The van der Waals surface area contributed by atoms with Crippen LogP contribution in [0.1, 0.15) is 38.1 Å². The van der Waals surface area contributed by atoms with E-state index in [0.29, 0.717) is 30.2 Å². The van der Waals surface area contributed by atoms with Crippen molar-refractivity contribution in [2.75, 3.05) is 31.6 Å². The minimum atomic E-state index is -3.85. The molecule has 0 spiro atoms. The van der Waals surface area contributed by atoms with Gasteiger partial charge in [0.15, 0.2) is 0 Å². The van der Waals surface area contributed by atoms with Crippen molar-refractivity contribution < 1.29 is 27.5 Å². The first-order chi connectivity index (χ1) is 15.7. The van der Waals surface area contributed by atoms with Gasteiger partial charge in [-0.25, -0.2) is 13.1 Å². The predicted octanol–water partition coefficient (Wildman–Crippen LogP) is 2.79. The van der Waals surface area contributed by atoms with E-state index in [1.807, 2.05) is 6.92 Å². The first-order valence-corrected chi connectivity index (χ1v) is 12.2. The monoisotopic (exact) mass is 477 g/mol. The number of amides is 2. The Kier molecular flexibility index (Phi) is 9.68. The zero-order valence-corrected chi connectivity index (χ0v) is 20.1. The average Bonchev–Trinajstić information content (AvgIpc) is 2.77. The summed E-state index contributed by atoms with van der Waals surface area (Å²) in [6, 6.07) is 11.0. The maximum atomic E-state index is 12.7. The molecule has 10 heteroatoms. The minimum absolute atomic E-state index is 0.00170. The second kappa shape index (κ2) is 12.2. The summed E-state index contributed by atoms with van der Waals surface area (Å²) in [6.07, 6.45) is 0. The fraction of sp³-hybridized carbons (Fsp3) is 0.391. The summed E-state index contributed by atoms with van der Waals surface area (Å²) in [6.45, 7) is 8.01. The molecule has 0 bridgehead atoms. The van der Waals surface area contributed by atoms with Crippen LogP contribution < -0.4 is 24.8 Å². The maximum absolute atomic E-state index is 12.7. The average molecular weight is 478 g/mol. The van der Waals surface area contributed by atoms with Crippen molar-refractivity contribution >= 4 is 27.5 Å². The molecule has 180 valence electrons. The van der Waals surface area contributed by atoms with E-state index in [2.05, 4.69) is 15.4 Å². The molecular weight excluding hydrogens is 446 g/mol. The molecule has 2 rings (SSSR count). The number of carbonyl (C=O) groups excluding carboxylic acids is 2. The molecule has 9 nitrogen and oxygen atoms in total. The standard InChI is InChI=1S/C23H31N3O6S/c1-5-31-19-11-12-21(20(15-19)32-6-2)33(29,30)25-14-13-24-23(28)17-7-9-18(10-8-17)26-22(27)16(3)4/h7-12,15-16,25H,5-6,13-14H2,1-4H3,(H,24,28)(H,26,27). The third-order valence-electron chi connectivity index (χ3n) is 4.46. The molecule has 0 aliphatic carbocycles. The topological polar surface area (TPSA) is 123 Å². The van der Waals surface area contributed by atoms with Crippen LogP contribution in [-0.2, 0) is 14.8 Å². The number of rotatable bonds is 12. The molecular formula is C23H31N3O6S. The minimum Gasteiger partial charge on any atom is -0.494 e. The lowest BCUT2D eigenvalue weighted by molar-refractivity contribution is -0.118. The Morgan fingerprint density at radius 2 is 1.61 bits per heavy atom. The molecule has 2 aromatic rings. The molecule has 0 fully saturated rings. The van der Waals surface area contributed by atoms with E-state index in [1.165, 1.54) is 12.1 Å². The highest BCUT2D eigenvalue weighted by Crippen LogP contribution is 2.28. The van der Waals surface area contributed by atoms with Gasteiger partial charge in [0.05, 0.1) is 13.2 Å². The molecule has 0 saturated heterocycles. The Morgan fingerprint density at radius 3 is 2.21 bits per heavy atom. The Labute approximate surface area is 194 Å². The molecule has 0 unspecified atom stereocenters. The highest BCUT2D eigenvalue weighted by Gasteiger charge is 2.20. The summed E-state index contributed by atoms with van der Waals surface area (Å²) in [5.41, 5.74) is 0.990. The molecule has 2 amide bonds. The Bertz CT molecular complexity index is 1050. The molecule has 3 N–H and O–H groups in total. The van der Waals surface area contributed by atoms with Gasteiger partial charge in [-0.15, -0.1) is 0 Å². The zero-order chi connectivity index (χ0) is 24.4. The summed E-state index contributed by atoms with van der Waals surface area (Å²) in [4.78, 5) is 24.0. The number of benzene rings is 2. The van der Waals surface area contributed by atoms with Gasteiger partial charge in [-0.3, -0.25) is 9.59 Å². The lowest BCUT2D eigenvalue weighted by Gasteiger charge is -2.14. The van der Waals surface area contributed by atoms with Gasteiger partial charge in [0.1, 0.15) is 16.4 Å². The van der Waals surface area contributed by atoms with Gasteiger partial charge < -0.3 is 20.1 Å². The van der Waals surface area contributed by atoms with Crippen LogP contribution in [0.4, 0.5) is 5.69 Å². The Morgan fingerprint density at radius 1 is 0.939 bits per heavy atom. The second-order valence-electron chi connectivity index (χ2n) is 7.35. The van der Waals surface area contributed by atoms with Crippen molar-refractivity contribution in [3.05, 3.63) is 48.0 Å². The van der Waals surface area contributed by atoms with Gasteiger partial charge in [-0.2, -0.15) is 0 Å². The lowest BCUT2D eigenvalue weighted by atomic mass is 10.1. The maximum Gasteiger partial charge on any atom is 0.251 e. The van der Waals surface area contributed by atoms with E-state index in [0.717, 1.165) is 0 Å². The third-order valence-corrected chi connectivity index (χ3v) is 5.96. The van der Waals surface area contributed by atoms with E-state index < -0.39 is 10.0 Å². The number of carbonyl (C=O) groups is 2. The van der Waals surface area contributed by atoms with Crippen molar-refractivity contribution in [1.29, 1.82) is 0 Å². The molecule has 2 aromatic carbocycles. The molecule has 0 atom stereocenters. The van der Waals surface area contributed by atoms with E-state index >= 15 is 0 Å². The van der Waals surface area contributed by atoms with E-state index in [9.17, 15) is 18.0 Å². The number of hydrogen-bond donors (Lipinski definition) is 3. The van der Waals surface area contributed by atoms with Gasteiger partial charge in [-0.1, -0.05) is 13.8 Å². The van der Waals surface area contributed by atoms with Crippen LogP contribution >= 0.6 is 0 Å². The Balaban J connectivity index is 1.92. The van der Waals surface area contributed by atoms with Gasteiger partial charge >= 0.3 is 0 Å². The largest absolute Gasteiger partial charge is 0.494 e. The summed E-state index contributed by atoms with van der Waals surface area (Å²) in [5.74, 6) is 0.0991. The third kappa shape index (κ3) is 7.76. The first kappa shape index (κ1) is 26.1. The summed E-state index contributed by atoms with van der Waals surface area (Å²) < 4.78 is 38.7. The summed E-state index contributed by atoms with van der Waals surface area (Å²) in [7, 11) is -3.85. The zero-order valence-electron chi connectivity index (χ0n) is 19.3. The van der Waals surface area contributed by atoms with Gasteiger partial charge in [0.2, 0.25) is 15.9 Å². The first-order valence-electron chi connectivity index (χ1n) is 10.8. The molecule has 0 aliphatic heterocycles. The number of nitrogens with one attached hydrogen (secondary N) is 3. The van der Waals surface area contributed by atoms with Crippen LogP contribution in [0.5, 0.6) is 11.5 Å². The lowest BCUT2D eigenvalue weighted by Crippen LogP contribution is -2.34. The number of hydrogen-bond acceptors (Lipinski definition) is 6. The predicted molar refractivity (Wildman–Crippen MR) is 126 cm³/mol. The van der Waals surface area contributed by atoms with Crippen molar-refractivity contribution in [3.8, 4) is 11.5 Å². The van der Waals surface area contributed by atoms with Crippen LogP contribution in [0.2, 0.25) is 0 Å². The fourth-order valence-electron chi connectivity index (χ4n) is 2.77. The van der Waals surface area contributed by atoms with Crippen LogP contribution in [0.25, 0.3) is 0 Å². The number of sulfonamides is 1. The van der Waals surface area contributed by atoms with E-state index in [-0.39, 0.29) is 41.5 Å². The van der Waals surface area contributed by atoms with E-state index in [4.69, 9.17) is 9.47 Å². The highest BCUT2D eigenvalue weighted by molar-refractivity contribution is 7.89.